The third-order valence-electron chi connectivity index (χ3n) is 1.61. The average molecular weight is 182 g/mol. The molecule has 1 aromatic carbocycles. The number of methoxy groups -OCH3 is 1. The van der Waals surface area contributed by atoms with Gasteiger partial charge in [-0.3, -0.25) is 10.1 Å². The molecule has 69 valence electrons. The van der Waals surface area contributed by atoms with Crippen LogP contribution in [0.1, 0.15) is 5.56 Å². The molecule has 0 heterocycles. The van der Waals surface area contributed by atoms with Gasteiger partial charge >= 0.3 is 5.69 Å². The van der Waals surface area contributed by atoms with Gasteiger partial charge in [0.15, 0.2) is 5.75 Å². The predicted molar refractivity (Wildman–Crippen MR) is 44.0 cm³/mol. The SMILES string of the molecule is COc1ccc(C[O])cc1[N+](=O)[O-]. The van der Waals surface area contributed by atoms with E-state index in [1.807, 2.05) is 0 Å². The van der Waals surface area contributed by atoms with Crippen LogP contribution in [0.5, 0.6) is 5.75 Å². The number of nitro groups is 1. The fourth-order valence-corrected chi connectivity index (χ4v) is 0.968. The van der Waals surface area contributed by atoms with Crippen LogP contribution < -0.4 is 4.74 Å². The van der Waals surface area contributed by atoms with Crippen LogP contribution in [0, 0.1) is 10.1 Å². The molecule has 1 aromatic rings. The number of hydrogen-bond acceptors (Lipinski definition) is 3. The third kappa shape index (κ3) is 1.94. The number of hydrogen-bond donors (Lipinski definition) is 0. The van der Waals surface area contributed by atoms with Crippen molar-refractivity contribution in [2.45, 2.75) is 6.61 Å². The fraction of sp³-hybridized carbons (Fsp3) is 0.250. The Morgan fingerprint density at radius 3 is 2.69 bits per heavy atom. The molecule has 5 heteroatoms. The molecule has 0 bridgehead atoms. The maximum Gasteiger partial charge on any atom is 0.311 e. The standard InChI is InChI=1S/C8H8NO4/c1-13-8-3-2-6(5-10)4-7(8)9(11)12/h2-4H,5H2,1H3. The van der Waals surface area contributed by atoms with Crippen molar-refractivity contribution in [3.05, 3.63) is 33.9 Å². The van der Waals surface area contributed by atoms with Gasteiger partial charge in [0.05, 0.1) is 12.0 Å². The topological polar surface area (TPSA) is 72.3 Å². The van der Waals surface area contributed by atoms with Gasteiger partial charge in [0.1, 0.15) is 6.61 Å². The van der Waals surface area contributed by atoms with Gasteiger partial charge in [-0.2, -0.15) is 0 Å². The molecule has 0 aliphatic carbocycles. The second kappa shape index (κ2) is 3.86. The summed E-state index contributed by atoms with van der Waals surface area (Å²) in [5, 5.41) is 20.9. The highest BCUT2D eigenvalue weighted by Crippen LogP contribution is 2.27. The zero-order valence-corrected chi connectivity index (χ0v) is 7.02. The Morgan fingerprint density at radius 2 is 2.23 bits per heavy atom. The molecule has 1 rings (SSSR count). The van der Waals surface area contributed by atoms with Gasteiger partial charge in [-0.05, 0) is 11.6 Å². The second-order valence-electron chi connectivity index (χ2n) is 2.41. The maximum absolute atomic E-state index is 10.5. The zero-order chi connectivity index (χ0) is 9.84. The Labute approximate surface area is 74.7 Å². The van der Waals surface area contributed by atoms with Gasteiger partial charge in [-0.1, -0.05) is 6.07 Å². The summed E-state index contributed by atoms with van der Waals surface area (Å²) in [6.07, 6.45) is 0. The summed E-state index contributed by atoms with van der Waals surface area (Å²) in [5.74, 6) is 0.169. The van der Waals surface area contributed by atoms with Gasteiger partial charge in [-0.25, -0.2) is 5.11 Å². The van der Waals surface area contributed by atoms with Crippen LogP contribution in [0.3, 0.4) is 0 Å². The number of nitro benzene ring substituents is 1. The van der Waals surface area contributed by atoms with E-state index in [1.54, 1.807) is 0 Å². The maximum atomic E-state index is 10.5. The first-order valence-electron chi connectivity index (χ1n) is 3.58. The third-order valence-corrected chi connectivity index (χ3v) is 1.61. The van der Waals surface area contributed by atoms with E-state index in [9.17, 15) is 15.2 Å². The largest absolute Gasteiger partial charge is 0.490 e. The van der Waals surface area contributed by atoms with E-state index in [0.29, 0.717) is 5.56 Å². The van der Waals surface area contributed by atoms with Crippen molar-refractivity contribution in [3.63, 3.8) is 0 Å². The minimum Gasteiger partial charge on any atom is -0.490 e. The predicted octanol–water partition coefficient (Wildman–Crippen LogP) is 1.53. The van der Waals surface area contributed by atoms with Crippen LogP contribution in [0.2, 0.25) is 0 Å². The van der Waals surface area contributed by atoms with E-state index in [2.05, 4.69) is 0 Å². The first-order chi connectivity index (χ1) is 6.19. The summed E-state index contributed by atoms with van der Waals surface area (Å²) < 4.78 is 4.76. The molecule has 0 aliphatic heterocycles. The molecule has 0 spiro atoms. The first kappa shape index (κ1) is 9.47. The van der Waals surface area contributed by atoms with Crippen molar-refractivity contribution in [1.29, 1.82) is 0 Å². The zero-order valence-electron chi connectivity index (χ0n) is 7.02. The quantitative estimate of drug-likeness (QED) is 0.525. The smallest absolute Gasteiger partial charge is 0.311 e. The molecule has 5 nitrogen and oxygen atoms in total. The molecule has 0 fully saturated rings. The lowest BCUT2D eigenvalue weighted by atomic mass is 10.2. The summed E-state index contributed by atoms with van der Waals surface area (Å²) >= 11 is 0. The Morgan fingerprint density at radius 1 is 1.54 bits per heavy atom. The van der Waals surface area contributed by atoms with Crippen molar-refractivity contribution < 1.29 is 14.8 Å². The highest BCUT2D eigenvalue weighted by molar-refractivity contribution is 5.48. The number of nitrogens with zero attached hydrogens (tertiary/aromatic N) is 1. The molecule has 13 heavy (non-hydrogen) atoms. The van der Waals surface area contributed by atoms with E-state index in [-0.39, 0.29) is 11.4 Å². The number of rotatable bonds is 3. The molecule has 0 atom stereocenters. The summed E-state index contributed by atoms with van der Waals surface area (Å²) in [6, 6.07) is 4.16. The lowest BCUT2D eigenvalue weighted by Gasteiger charge is -2.01. The highest BCUT2D eigenvalue weighted by atomic mass is 16.6. The number of ether oxygens (including phenoxy) is 1. The molecule has 0 aromatic heterocycles. The fourth-order valence-electron chi connectivity index (χ4n) is 0.968. The first-order valence-corrected chi connectivity index (χ1v) is 3.58. The van der Waals surface area contributed by atoms with Gasteiger partial charge < -0.3 is 4.74 Å². The van der Waals surface area contributed by atoms with Gasteiger partial charge in [-0.15, -0.1) is 0 Å². The summed E-state index contributed by atoms with van der Waals surface area (Å²) in [7, 11) is 1.35. The average Bonchev–Trinajstić information content (AvgIpc) is 2.16. The minimum atomic E-state index is -0.571. The van der Waals surface area contributed by atoms with Crippen molar-refractivity contribution in [2.75, 3.05) is 7.11 Å². The Hall–Kier alpha value is -1.62. The molecule has 0 N–H and O–H groups in total. The summed E-state index contributed by atoms with van der Waals surface area (Å²) in [4.78, 5) is 9.90. The Bertz CT molecular complexity index is 324. The molecule has 0 amide bonds. The van der Waals surface area contributed by atoms with E-state index >= 15 is 0 Å². The number of benzene rings is 1. The van der Waals surface area contributed by atoms with Crippen LogP contribution in [0.25, 0.3) is 0 Å². The summed E-state index contributed by atoms with van der Waals surface area (Å²) in [5.41, 5.74) is 0.211. The van der Waals surface area contributed by atoms with E-state index in [4.69, 9.17) is 4.74 Å². The summed E-state index contributed by atoms with van der Waals surface area (Å²) in [6.45, 7) is -0.467. The molecular weight excluding hydrogens is 174 g/mol. The van der Waals surface area contributed by atoms with E-state index < -0.39 is 11.5 Å². The lowest BCUT2D eigenvalue weighted by Crippen LogP contribution is -1.95. The van der Waals surface area contributed by atoms with Crippen LogP contribution in [0.4, 0.5) is 5.69 Å². The molecule has 0 aliphatic rings. The van der Waals surface area contributed by atoms with E-state index in [0.717, 1.165) is 0 Å². The van der Waals surface area contributed by atoms with Crippen LogP contribution in [-0.2, 0) is 11.7 Å². The van der Waals surface area contributed by atoms with Crippen LogP contribution in [-0.4, -0.2) is 12.0 Å². The van der Waals surface area contributed by atoms with Gasteiger partial charge in [0.25, 0.3) is 0 Å². The molecule has 0 unspecified atom stereocenters. The van der Waals surface area contributed by atoms with Crippen molar-refractivity contribution in [3.8, 4) is 5.75 Å². The van der Waals surface area contributed by atoms with Crippen LogP contribution in [0.15, 0.2) is 18.2 Å². The van der Waals surface area contributed by atoms with Crippen molar-refractivity contribution in [1.82, 2.24) is 0 Å². The second-order valence-corrected chi connectivity index (χ2v) is 2.41. The van der Waals surface area contributed by atoms with Crippen molar-refractivity contribution in [2.24, 2.45) is 0 Å². The molecule has 0 saturated heterocycles. The Balaban J connectivity index is 3.18. The van der Waals surface area contributed by atoms with E-state index in [1.165, 1.54) is 25.3 Å². The normalized spacial score (nSPS) is 9.69. The minimum absolute atomic E-state index is 0.169. The van der Waals surface area contributed by atoms with Crippen molar-refractivity contribution >= 4 is 5.69 Å². The molecular formula is C8H8NO4. The molecule has 1 radical (unpaired) electrons. The Kier molecular flexibility index (Phi) is 2.81. The monoisotopic (exact) mass is 182 g/mol. The lowest BCUT2D eigenvalue weighted by molar-refractivity contribution is -0.385. The molecule has 0 saturated carbocycles. The van der Waals surface area contributed by atoms with Gasteiger partial charge in [0, 0.05) is 6.07 Å². The van der Waals surface area contributed by atoms with Gasteiger partial charge in [0.2, 0.25) is 0 Å². The highest BCUT2D eigenvalue weighted by Gasteiger charge is 2.14. The van der Waals surface area contributed by atoms with Crippen LogP contribution >= 0.6 is 0 Å².